The van der Waals surface area contributed by atoms with Crippen molar-refractivity contribution >= 4 is 23.8 Å². The zero-order valence-corrected chi connectivity index (χ0v) is 24.0. The van der Waals surface area contributed by atoms with Crippen LogP contribution in [0.15, 0.2) is 66.2 Å². The summed E-state index contributed by atoms with van der Waals surface area (Å²) in [7, 11) is 5.97. The summed E-state index contributed by atoms with van der Waals surface area (Å²) in [5.41, 5.74) is 15.8. The van der Waals surface area contributed by atoms with Gasteiger partial charge in [-0.2, -0.15) is 15.1 Å². The van der Waals surface area contributed by atoms with Crippen LogP contribution in [0, 0.1) is 0 Å². The van der Waals surface area contributed by atoms with Crippen molar-refractivity contribution in [2.45, 2.75) is 12.5 Å². The fourth-order valence-electron chi connectivity index (χ4n) is 4.79. The molecule has 1 atom stereocenters. The molecule has 0 aliphatic carbocycles. The Kier molecular flexibility index (Phi) is 8.32. The highest BCUT2D eigenvalue weighted by molar-refractivity contribution is 6.07. The lowest BCUT2D eigenvalue weighted by Gasteiger charge is -2.31. The number of rotatable bonds is 10. The Balaban J connectivity index is 1.52. The molecular formula is C30H30N8O5. The zero-order valence-electron chi connectivity index (χ0n) is 24.0. The van der Waals surface area contributed by atoms with Crippen LogP contribution >= 0.6 is 0 Å². The Bertz CT molecular complexity index is 1730. The van der Waals surface area contributed by atoms with Crippen molar-refractivity contribution in [3.8, 4) is 23.4 Å². The van der Waals surface area contributed by atoms with Gasteiger partial charge in [-0.3, -0.25) is 9.80 Å². The van der Waals surface area contributed by atoms with E-state index in [1.807, 2.05) is 24.3 Å². The average Bonchev–Trinajstić information content (AvgIpc) is 3.03. The summed E-state index contributed by atoms with van der Waals surface area (Å²) in [5, 5.41) is 6.26. The zero-order chi connectivity index (χ0) is 30.5. The third-order valence-electron chi connectivity index (χ3n) is 6.81. The number of methoxy groups -OCH3 is 4. The summed E-state index contributed by atoms with van der Waals surface area (Å²) in [4.78, 5) is 30.4. The van der Waals surface area contributed by atoms with Crippen LogP contribution in [0.3, 0.4) is 0 Å². The lowest BCUT2D eigenvalue weighted by atomic mass is 9.94. The number of ketones is 1. The Labute approximate surface area is 247 Å². The molecule has 13 heteroatoms. The van der Waals surface area contributed by atoms with Gasteiger partial charge in [-0.1, -0.05) is 24.3 Å². The van der Waals surface area contributed by atoms with Crippen molar-refractivity contribution in [1.29, 1.82) is 0 Å². The molecule has 0 fully saturated rings. The summed E-state index contributed by atoms with van der Waals surface area (Å²) < 4.78 is 21.9. The van der Waals surface area contributed by atoms with E-state index >= 15 is 0 Å². The molecule has 0 saturated heterocycles. The highest BCUT2D eigenvalue weighted by Crippen LogP contribution is 2.38. The highest BCUT2D eigenvalue weighted by atomic mass is 16.5. The van der Waals surface area contributed by atoms with Crippen molar-refractivity contribution in [2.75, 3.05) is 39.9 Å². The molecule has 1 aliphatic rings. The molecule has 0 radical (unpaired) electrons. The minimum atomic E-state index is -0.498. The number of allylic oxidation sites excluding steroid dienone is 1. The van der Waals surface area contributed by atoms with Crippen LogP contribution < -0.4 is 30.4 Å². The monoisotopic (exact) mass is 582 g/mol. The van der Waals surface area contributed by atoms with E-state index in [2.05, 4.69) is 25.0 Å². The molecule has 0 saturated carbocycles. The molecule has 4 N–H and O–H groups in total. The molecule has 4 aromatic rings. The second-order valence-electron chi connectivity index (χ2n) is 9.35. The first-order valence-corrected chi connectivity index (χ1v) is 13.1. The number of fused-ring (bicyclic) bond motifs is 1. The van der Waals surface area contributed by atoms with Gasteiger partial charge in [-0.25, -0.2) is 9.97 Å². The third kappa shape index (κ3) is 5.86. The number of nitrogens with zero attached hydrogens (tertiary/aromatic N) is 6. The number of anilines is 2. The molecule has 220 valence electrons. The largest absolute Gasteiger partial charge is 0.493 e. The van der Waals surface area contributed by atoms with E-state index in [1.54, 1.807) is 41.9 Å². The number of carbonyl (C=O) groups is 1. The first-order chi connectivity index (χ1) is 20.9. The van der Waals surface area contributed by atoms with Gasteiger partial charge in [-0.15, -0.1) is 0 Å². The van der Waals surface area contributed by atoms with E-state index in [0.717, 1.165) is 16.7 Å². The van der Waals surface area contributed by atoms with E-state index in [9.17, 15) is 4.79 Å². The third-order valence-corrected chi connectivity index (χ3v) is 6.81. The van der Waals surface area contributed by atoms with Gasteiger partial charge in [0.2, 0.25) is 11.8 Å². The van der Waals surface area contributed by atoms with Crippen molar-refractivity contribution in [3.63, 3.8) is 0 Å². The van der Waals surface area contributed by atoms with Crippen molar-refractivity contribution in [2.24, 2.45) is 5.10 Å². The van der Waals surface area contributed by atoms with Gasteiger partial charge < -0.3 is 30.4 Å². The quantitative estimate of drug-likeness (QED) is 0.207. The smallest absolute Gasteiger partial charge is 0.319 e. The van der Waals surface area contributed by atoms with Crippen LogP contribution in [0.5, 0.6) is 23.4 Å². The van der Waals surface area contributed by atoms with E-state index in [0.29, 0.717) is 29.2 Å². The van der Waals surface area contributed by atoms with E-state index < -0.39 is 6.04 Å². The van der Waals surface area contributed by atoms with Crippen LogP contribution in [-0.4, -0.2) is 65.4 Å². The summed E-state index contributed by atoms with van der Waals surface area (Å²) in [6.45, 7) is 0. The first-order valence-electron chi connectivity index (χ1n) is 13.1. The number of aromatic nitrogens is 4. The maximum absolute atomic E-state index is 13.7. The van der Waals surface area contributed by atoms with Gasteiger partial charge in [0, 0.05) is 42.2 Å². The van der Waals surface area contributed by atoms with Crippen LogP contribution in [0.4, 0.5) is 11.8 Å². The molecule has 0 bridgehead atoms. The van der Waals surface area contributed by atoms with Gasteiger partial charge in [0.1, 0.15) is 11.9 Å². The maximum Gasteiger partial charge on any atom is 0.319 e. The molecule has 2 aromatic heterocycles. The molecule has 0 spiro atoms. The minimum Gasteiger partial charge on any atom is -0.493 e. The Morgan fingerprint density at radius 3 is 2.49 bits per heavy atom. The van der Waals surface area contributed by atoms with Crippen LogP contribution in [0.1, 0.15) is 44.2 Å². The van der Waals surface area contributed by atoms with Crippen molar-refractivity contribution < 1.29 is 23.7 Å². The van der Waals surface area contributed by atoms with Gasteiger partial charge in [0.05, 0.1) is 45.8 Å². The second-order valence-corrected chi connectivity index (χ2v) is 9.35. The molecule has 3 heterocycles. The number of hydrazone groups is 1. The number of hydrogen-bond donors (Lipinski definition) is 2. The molecule has 5 rings (SSSR count). The van der Waals surface area contributed by atoms with Crippen LogP contribution in [0.2, 0.25) is 0 Å². The first kappa shape index (κ1) is 28.8. The number of nitrogen functional groups attached to an aromatic ring is 2. The summed E-state index contributed by atoms with van der Waals surface area (Å²) in [6, 6.07) is 10.9. The molecule has 1 aliphatic heterocycles. The van der Waals surface area contributed by atoms with Gasteiger partial charge >= 0.3 is 6.01 Å². The Hall–Kier alpha value is -5.72. The second kappa shape index (κ2) is 12.4. The SMILES string of the molecule is COc1ncc(C2c3ccccc3C=NN2/C=C/C(=O)c2cc(Cc3cnc(N)nc3N)cc(OC)c2OC)c(OC)n1. The van der Waals surface area contributed by atoms with Crippen molar-refractivity contribution in [1.82, 2.24) is 24.9 Å². The normalized spacial score (nSPS) is 14.0. The van der Waals surface area contributed by atoms with Crippen LogP contribution in [0.25, 0.3) is 0 Å². The fourth-order valence-corrected chi connectivity index (χ4v) is 4.79. The highest BCUT2D eigenvalue weighted by Gasteiger charge is 2.30. The van der Waals surface area contributed by atoms with E-state index in [4.69, 9.17) is 30.4 Å². The molecule has 13 nitrogen and oxygen atoms in total. The number of carbonyl (C=O) groups excluding carboxylic acids is 1. The standard InChI is InChI=1S/C30H30N8O5/c1-40-24-13-17(11-19-14-33-29(32)36-27(19)31)12-21(26(24)41-2)23(39)9-10-38-25(20-8-6-5-7-18(20)15-35-38)22-16-34-30(43-4)37-28(22)42-3/h5-10,12-16,25H,11H2,1-4H3,(H4,31,32,33,36)/b10-9+. The summed E-state index contributed by atoms with van der Waals surface area (Å²) in [5.74, 6) is 0.978. The molecule has 0 amide bonds. The summed E-state index contributed by atoms with van der Waals surface area (Å²) in [6.07, 6.45) is 8.24. The minimum absolute atomic E-state index is 0.0784. The van der Waals surface area contributed by atoms with Crippen molar-refractivity contribution in [3.05, 3.63) is 94.4 Å². The molecule has 2 aromatic carbocycles. The predicted molar refractivity (Wildman–Crippen MR) is 160 cm³/mol. The Morgan fingerprint density at radius 2 is 1.77 bits per heavy atom. The topological polar surface area (TPSA) is 173 Å². The lowest BCUT2D eigenvalue weighted by Crippen LogP contribution is -2.26. The maximum atomic E-state index is 13.7. The molecular weight excluding hydrogens is 552 g/mol. The number of nitrogens with two attached hydrogens (primary N) is 2. The van der Waals surface area contributed by atoms with E-state index in [-0.39, 0.29) is 34.9 Å². The fraction of sp³-hybridized carbons (Fsp3) is 0.200. The molecule has 43 heavy (non-hydrogen) atoms. The number of hydrogen-bond acceptors (Lipinski definition) is 13. The number of ether oxygens (including phenoxy) is 4. The van der Waals surface area contributed by atoms with Gasteiger partial charge in [0.25, 0.3) is 0 Å². The predicted octanol–water partition coefficient (Wildman–Crippen LogP) is 3.19. The molecule has 1 unspecified atom stereocenters. The Morgan fingerprint density at radius 1 is 0.953 bits per heavy atom. The summed E-state index contributed by atoms with van der Waals surface area (Å²) >= 11 is 0. The lowest BCUT2D eigenvalue weighted by molar-refractivity contribution is 0.104. The number of benzene rings is 2. The van der Waals surface area contributed by atoms with Crippen LogP contribution in [-0.2, 0) is 6.42 Å². The average molecular weight is 583 g/mol. The van der Waals surface area contributed by atoms with E-state index in [1.165, 1.54) is 34.5 Å². The van der Waals surface area contributed by atoms with Gasteiger partial charge in [0.15, 0.2) is 17.3 Å². The van der Waals surface area contributed by atoms with Gasteiger partial charge in [-0.05, 0) is 23.3 Å².